The van der Waals surface area contributed by atoms with Crippen LogP contribution in [-0.2, 0) is 0 Å². The molecule has 0 saturated heterocycles. The predicted molar refractivity (Wildman–Crippen MR) is 73.0 cm³/mol. The lowest BCUT2D eigenvalue weighted by atomic mass is 10.1. The van der Waals surface area contributed by atoms with Crippen molar-refractivity contribution in [1.82, 2.24) is 5.32 Å². The third-order valence-corrected chi connectivity index (χ3v) is 3.00. The van der Waals surface area contributed by atoms with Crippen LogP contribution in [0.3, 0.4) is 0 Å². The summed E-state index contributed by atoms with van der Waals surface area (Å²) >= 11 is 11.4. The smallest absolute Gasteiger partial charge is 0.251 e. The zero-order valence-electron chi connectivity index (χ0n) is 9.66. The lowest BCUT2D eigenvalue weighted by Crippen LogP contribution is -2.35. The molecule has 1 rings (SSSR count). The van der Waals surface area contributed by atoms with Crippen LogP contribution in [0.5, 0.6) is 0 Å². The summed E-state index contributed by atoms with van der Waals surface area (Å²) in [6.07, 6.45) is 2.53. The predicted octanol–water partition coefficient (Wildman–Crippen LogP) is 3.43. The molecule has 94 valence electrons. The van der Waals surface area contributed by atoms with Crippen LogP contribution in [0.15, 0.2) is 30.3 Å². The van der Waals surface area contributed by atoms with Crippen molar-refractivity contribution in [2.45, 2.75) is 25.3 Å². The third-order valence-electron chi connectivity index (χ3n) is 2.51. The molecule has 0 heterocycles. The van der Waals surface area contributed by atoms with Gasteiger partial charge in [-0.1, -0.05) is 18.2 Å². The van der Waals surface area contributed by atoms with Gasteiger partial charge in [0.05, 0.1) is 0 Å². The fraction of sp³-hybridized carbons (Fsp3) is 0.462. The highest BCUT2D eigenvalue weighted by molar-refractivity contribution is 6.18. The summed E-state index contributed by atoms with van der Waals surface area (Å²) in [4.78, 5) is 11.9. The van der Waals surface area contributed by atoms with Crippen molar-refractivity contribution in [3.63, 3.8) is 0 Å². The minimum Gasteiger partial charge on any atom is -0.349 e. The number of rotatable bonds is 7. The molecule has 0 unspecified atom stereocenters. The van der Waals surface area contributed by atoms with E-state index in [1.165, 1.54) is 0 Å². The number of halogens is 2. The summed E-state index contributed by atoms with van der Waals surface area (Å²) in [5, 5.41) is 2.99. The number of benzene rings is 1. The summed E-state index contributed by atoms with van der Waals surface area (Å²) in [5.74, 6) is 1.11. The standard InChI is InChI=1S/C13H17Cl2NO/c14-9-4-7-12(8-10-15)16-13(17)11-5-2-1-3-6-11/h1-3,5-6,12H,4,7-10H2,(H,16,17)/t12-/m1/s1. The highest BCUT2D eigenvalue weighted by Gasteiger charge is 2.12. The van der Waals surface area contributed by atoms with E-state index in [0.717, 1.165) is 19.3 Å². The lowest BCUT2D eigenvalue weighted by molar-refractivity contribution is 0.0934. The second-order valence-corrected chi connectivity index (χ2v) is 4.60. The first-order chi connectivity index (χ1) is 8.27. The number of nitrogens with one attached hydrogen (secondary N) is 1. The van der Waals surface area contributed by atoms with Gasteiger partial charge in [0, 0.05) is 23.4 Å². The van der Waals surface area contributed by atoms with Crippen LogP contribution in [-0.4, -0.2) is 23.7 Å². The van der Waals surface area contributed by atoms with Gasteiger partial charge in [0.25, 0.3) is 5.91 Å². The topological polar surface area (TPSA) is 29.1 Å². The van der Waals surface area contributed by atoms with Gasteiger partial charge in [0.15, 0.2) is 0 Å². The Bertz CT molecular complexity index is 329. The summed E-state index contributed by atoms with van der Waals surface area (Å²) in [5.41, 5.74) is 0.679. The molecule has 17 heavy (non-hydrogen) atoms. The van der Waals surface area contributed by atoms with Crippen molar-refractivity contribution in [1.29, 1.82) is 0 Å². The zero-order chi connectivity index (χ0) is 12.5. The molecule has 0 radical (unpaired) electrons. The molecule has 0 saturated carbocycles. The van der Waals surface area contributed by atoms with Crippen molar-refractivity contribution in [2.75, 3.05) is 11.8 Å². The van der Waals surface area contributed by atoms with E-state index in [2.05, 4.69) is 5.32 Å². The molecule has 1 N–H and O–H groups in total. The molecule has 2 nitrogen and oxygen atoms in total. The van der Waals surface area contributed by atoms with Gasteiger partial charge >= 0.3 is 0 Å². The second-order valence-electron chi connectivity index (χ2n) is 3.85. The summed E-state index contributed by atoms with van der Waals surface area (Å²) in [6.45, 7) is 0. The van der Waals surface area contributed by atoms with Crippen molar-refractivity contribution >= 4 is 29.1 Å². The molecule has 0 aliphatic heterocycles. The molecule has 0 aliphatic rings. The third kappa shape index (κ3) is 5.42. The normalized spacial score (nSPS) is 12.1. The SMILES string of the molecule is O=C(N[C@@H](CCCl)CCCCl)c1ccccc1. The van der Waals surface area contributed by atoms with Crippen molar-refractivity contribution < 1.29 is 4.79 Å². The zero-order valence-corrected chi connectivity index (χ0v) is 11.2. The summed E-state index contributed by atoms with van der Waals surface area (Å²) in [7, 11) is 0. The van der Waals surface area contributed by atoms with Crippen LogP contribution in [0, 0.1) is 0 Å². The Labute approximate surface area is 112 Å². The number of alkyl halides is 2. The Balaban J connectivity index is 2.51. The first-order valence-corrected chi connectivity index (χ1v) is 6.82. The van der Waals surface area contributed by atoms with E-state index in [1.807, 2.05) is 18.2 Å². The molecule has 4 heteroatoms. The number of carbonyl (C=O) groups is 1. The Hall–Kier alpha value is -0.730. The number of hydrogen-bond acceptors (Lipinski definition) is 1. The Morgan fingerprint density at radius 2 is 1.82 bits per heavy atom. The van der Waals surface area contributed by atoms with Gasteiger partial charge in [-0.25, -0.2) is 0 Å². The highest BCUT2D eigenvalue weighted by Crippen LogP contribution is 2.07. The van der Waals surface area contributed by atoms with Gasteiger partial charge in [-0.05, 0) is 31.4 Å². The molecule has 1 amide bonds. The Morgan fingerprint density at radius 3 is 2.41 bits per heavy atom. The molecule has 0 fully saturated rings. The van der Waals surface area contributed by atoms with E-state index in [-0.39, 0.29) is 11.9 Å². The van der Waals surface area contributed by atoms with Gasteiger partial charge in [-0.15, -0.1) is 23.2 Å². The quantitative estimate of drug-likeness (QED) is 0.758. The van der Waals surface area contributed by atoms with Gasteiger partial charge in [-0.2, -0.15) is 0 Å². The number of amides is 1. The average molecular weight is 274 g/mol. The molecule has 0 aromatic heterocycles. The van der Waals surface area contributed by atoms with Crippen LogP contribution < -0.4 is 5.32 Å². The van der Waals surface area contributed by atoms with Crippen molar-refractivity contribution in [2.24, 2.45) is 0 Å². The first kappa shape index (κ1) is 14.3. The van der Waals surface area contributed by atoms with E-state index in [9.17, 15) is 4.79 Å². The van der Waals surface area contributed by atoms with Crippen LogP contribution in [0.2, 0.25) is 0 Å². The molecule has 0 bridgehead atoms. The second kappa shape index (κ2) is 8.37. The fourth-order valence-electron chi connectivity index (χ4n) is 1.60. The van der Waals surface area contributed by atoms with Gasteiger partial charge in [0.2, 0.25) is 0 Å². The van der Waals surface area contributed by atoms with E-state index in [4.69, 9.17) is 23.2 Å². The molecule has 0 aliphatic carbocycles. The van der Waals surface area contributed by atoms with Crippen molar-refractivity contribution in [3.05, 3.63) is 35.9 Å². The summed E-state index contributed by atoms with van der Waals surface area (Å²) in [6, 6.07) is 9.30. The minimum absolute atomic E-state index is 0.0460. The fourth-order valence-corrected chi connectivity index (χ4v) is 2.02. The van der Waals surface area contributed by atoms with Crippen LogP contribution in [0.25, 0.3) is 0 Å². The molecular weight excluding hydrogens is 257 g/mol. The van der Waals surface area contributed by atoms with Crippen LogP contribution >= 0.6 is 23.2 Å². The van der Waals surface area contributed by atoms with Gasteiger partial charge in [0.1, 0.15) is 0 Å². The van der Waals surface area contributed by atoms with E-state index >= 15 is 0 Å². The Morgan fingerprint density at radius 1 is 1.12 bits per heavy atom. The van der Waals surface area contributed by atoms with Crippen LogP contribution in [0.1, 0.15) is 29.6 Å². The van der Waals surface area contributed by atoms with Gasteiger partial charge < -0.3 is 5.32 Å². The first-order valence-electron chi connectivity index (χ1n) is 5.75. The molecule has 1 atom stereocenters. The van der Waals surface area contributed by atoms with E-state index in [1.54, 1.807) is 12.1 Å². The average Bonchev–Trinajstić information content (AvgIpc) is 2.37. The maximum Gasteiger partial charge on any atom is 0.251 e. The van der Waals surface area contributed by atoms with Crippen molar-refractivity contribution in [3.8, 4) is 0 Å². The lowest BCUT2D eigenvalue weighted by Gasteiger charge is -2.17. The monoisotopic (exact) mass is 273 g/mol. The molecule has 0 spiro atoms. The van der Waals surface area contributed by atoms with Gasteiger partial charge in [-0.3, -0.25) is 4.79 Å². The van der Waals surface area contributed by atoms with Crippen LogP contribution in [0.4, 0.5) is 0 Å². The van der Waals surface area contributed by atoms with E-state index in [0.29, 0.717) is 17.3 Å². The highest BCUT2D eigenvalue weighted by atomic mass is 35.5. The number of carbonyl (C=O) groups excluding carboxylic acids is 1. The summed E-state index contributed by atoms with van der Waals surface area (Å²) < 4.78 is 0. The molecular formula is C13H17Cl2NO. The van der Waals surface area contributed by atoms with E-state index < -0.39 is 0 Å². The molecule has 1 aromatic carbocycles. The largest absolute Gasteiger partial charge is 0.349 e. The number of hydrogen-bond donors (Lipinski definition) is 1. The maximum absolute atomic E-state index is 11.9. The molecule has 1 aromatic rings. The Kier molecular flexibility index (Phi) is 7.06. The minimum atomic E-state index is -0.0460. The maximum atomic E-state index is 11.9.